The van der Waals surface area contributed by atoms with Crippen molar-refractivity contribution in [3.8, 4) is 0 Å². The van der Waals surface area contributed by atoms with Crippen LogP contribution in [0.5, 0.6) is 0 Å². The van der Waals surface area contributed by atoms with Gasteiger partial charge >= 0.3 is 0 Å². The van der Waals surface area contributed by atoms with E-state index in [2.05, 4.69) is 0 Å². The molecule has 1 aliphatic carbocycles. The van der Waals surface area contributed by atoms with Crippen LogP contribution in [0.2, 0.25) is 0 Å². The molecule has 11 heavy (non-hydrogen) atoms. The molecule has 0 aromatic heterocycles. The molecule has 0 aliphatic heterocycles. The van der Waals surface area contributed by atoms with E-state index in [1.165, 1.54) is 6.42 Å². The summed E-state index contributed by atoms with van der Waals surface area (Å²) in [7, 11) is 0. The van der Waals surface area contributed by atoms with Crippen LogP contribution in [-0.4, -0.2) is 13.0 Å². The van der Waals surface area contributed by atoms with E-state index in [0.29, 0.717) is 12.3 Å². The molecule has 0 amide bonds. The van der Waals surface area contributed by atoms with Crippen molar-refractivity contribution < 1.29 is 8.78 Å². The van der Waals surface area contributed by atoms with Crippen LogP contribution >= 0.6 is 0 Å². The topological polar surface area (TPSA) is 26.0 Å². The van der Waals surface area contributed by atoms with E-state index in [1.54, 1.807) is 0 Å². The average Bonchev–Trinajstić information content (AvgIpc) is 1.85. The number of hydrogen-bond donors (Lipinski definition) is 1. The van der Waals surface area contributed by atoms with Gasteiger partial charge in [-0.05, 0) is 12.3 Å². The fourth-order valence-electron chi connectivity index (χ4n) is 1.46. The van der Waals surface area contributed by atoms with Gasteiger partial charge < -0.3 is 5.73 Å². The summed E-state index contributed by atoms with van der Waals surface area (Å²) in [4.78, 5) is 0. The fourth-order valence-corrected chi connectivity index (χ4v) is 1.46. The van der Waals surface area contributed by atoms with Crippen molar-refractivity contribution in [1.29, 1.82) is 0 Å². The first-order valence-electron chi connectivity index (χ1n) is 4.22. The van der Waals surface area contributed by atoms with E-state index in [0.717, 1.165) is 12.8 Å². The van der Waals surface area contributed by atoms with Gasteiger partial charge in [-0.1, -0.05) is 19.3 Å². The van der Waals surface area contributed by atoms with Crippen LogP contribution < -0.4 is 5.73 Å². The summed E-state index contributed by atoms with van der Waals surface area (Å²) < 4.78 is 24.3. The maximum absolute atomic E-state index is 12.1. The maximum Gasteiger partial charge on any atom is 0.242 e. The van der Waals surface area contributed by atoms with Gasteiger partial charge in [-0.15, -0.1) is 0 Å². The van der Waals surface area contributed by atoms with Gasteiger partial charge in [0.05, 0.1) is 0 Å². The largest absolute Gasteiger partial charge is 0.330 e. The van der Waals surface area contributed by atoms with Crippen molar-refractivity contribution in [3.63, 3.8) is 0 Å². The molecule has 0 saturated heterocycles. The van der Waals surface area contributed by atoms with Gasteiger partial charge in [0.1, 0.15) is 0 Å². The van der Waals surface area contributed by atoms with Gasteiger partial charge in [0.25, 0.3) is 0 Å². The molecule has 1 nitrogen and oxygen atoms in total. The van der Waals surface area contributed by atoms with E-state index < -0.39 is 12.3 Å². The Kier molecular flexibility index (Phi) is 3.24. The summed E-state index contributed by atoms with van der Waals surface area (Å²) in [5.74, 6) is -0.0159. The molecule has 66 valence electrons. The summed E-state index contributed by atoms with van der Waals surface area (Å²) in [6.07, 6.45) is 1.88. The van der Waals surface area contributed by atoms with Gasteiger partial charge in [-0.2, -0.15) is 0 Å². The first-order valence-corrected chi connectivity index (χ1v) is 4.22. The fraction of sp³-hybridized carbons (Fsp3) is 1.00. The highest BCUT2D eigenvalue weighted by Crippen LogP contribution is 2.33. The van der Waals surface area contributed by atoms with E-state index in [9.17, 15) is 8.78 Å². The van der Waals surface area contributed by atoms with Crippen LogP contribution in [0.4, 0.5) is 8.78 Å². The Morgan fingerprint density at radius 3 is 2.27 bits per heavy atom. The van der Waals surface area contributed by atoms with Crippen LogP contribution in [0, 0.1) is 11.8 Å². The predicted molar refractivity (Wildman–Crippen MR) is 40.5 cm³/mol. The van der Waals surface area contributed by atoms with E-state index in [-0.39, 0.29) is 6.54 Å². The molecule has 0 aromatic rings. The zero-order valence-electron chi connectivity index (χ0n) is 6.60. The molecule has 0 bridgehead atoms. The molecule has 1 atom stereocenters. The molecule has 1 unspecified atom stereocenters. The molecule has 2 N–H and O–H groups in total. The van der Waals surface area contributed by atoms with Crippen molar-refractivity contribution in [2.75, 3.05) is 6.54 Å². The van der Waals surface area contributed by atoms with E-state index in [1.807, 2.05) is 0 Å². The minimum absolute atomic E-state index is 0.133. The smallest absolute Gasteiger partial charge is 0.242 e. The molecule has 1 saturated carbocycles. The molecular weight excluding hydrogens is 148 g/mol. The van der Waals surface area contributed by atoms with Crippen LogP contribution in [-0.2, 0) is 0 Å². The van der Waals surface area contributed by atoms with E-state index in [4.69, 9.17) is 5.73 Å². The van der Waals surface area contributed by atoms with Gasteiger partial charge in [0.15, 0.2) is 0 Å². The van der Waals surface area contributed by atoms with Gasteiger partial charge in [0.2, 0.25) is 6.43 Å². The third-order valence-corrected chi connectivity index (χ3v) is 2.52. The third-order valence-electron chi connectivity index (χ3n) is 2.52. The number of alkyl halides is 2. The van der Waals surface area contributed by atoms with Crippen molar-refractivity contribution in [1.82, 2.24) is 0 Å². The highest BCUT2D eigenvalue weighted by molar-refractivity contribution is 4.75. The first kappa shape index (κ1) is 8.91. The number of halogens is 2. The SMILES string of the molecule is NCC(CC1CCC1)C(F)F. The van der Waals surface area contributed by atoms with Gasteiger partial charge in [0, 0.05) is 12.5 Å². The quantitative estimate of drug-likeness (QED) is 0.674. The molecule has 1 aliphatic rings. The van der Waals surface area contributed by atoms with Crippen LogP contribution in [0.3, 0.4) is 0 Å². The minimum Gasteiger partial charge on any atom is -0.330 e. The lowest BCUT2D eigenvalue weighted by atomic mass is 9.79. The highest BCUT2D eigenvalue weighted by atomic mass is 19.3. The summed E-state index contributed by atoms with van der Waals surface area (Å²) in [6.45, 7) is 0.133. The van der Waals surface area contributed by atoms with Crippen molar-refractivity contribution in [2.45, 2.75) is 32.1 Å². The lowest BCUT2D eigenvalue weighted by molar-refractivity contribution is 0.0579. The Morgan fingerprint density at radius 1 is 1.36 bits per heavy atom. The summed E-state index contributed by atoms with van der Waals surface area (Å²) in [5.41, 5.74) is 5.22. The van der Waals surface area contributed by atoms with Crippen LogP contribution in [0.15, 0.2) is 0 Å². The number of hydrogen-bond acceptors (Lipinski definition) is 1. The van der Waals surface area contributed by atoms with Crippen molar-refractivity contribution in [2.24, 2.45) is 17.6 Å². The van der Waals surface area contributed by atoms with Gasteiger partial charge in [-0.25, -0.2) is 8.78 Å². The molecule has 0 heterocycles. The Hall–Kier alpha value is -0.180. The average molecular weight is 163 g/mol. The molecule has 0 radical (unpaired) electrons. The minimum atomic E-state index is -2.22. The second kappa shape index (κ2) is 4.00. The second-order valence-electron chi connectivity index (χ2n) is 3.36. The Balaban J connectivity index is 2.19. The molecule has 1 rings (SSSR count). The predicted octanol–water partition coefficient (Wildman–Crippen LogP) is 2.02. The second-order valence-corrected chi connectivity index (χ2v) is 3.36. The molecule has 0 spiro atoms. The Labute approximate surface area is 66.0 Å². The van der Waals surface area contributed by atoms with Crippen LogP contribution in [0.1, 0.15) is 25.7 Å². The monoisotopic (exact) mass is 163 g/mol. The summed E-state index contributed by atoms with van der Waals surface area (Å²) >= 11 is 0. The highest BCUT2D eigenvalue weighted by Gasteiger charge is 2.26. The standard InChI is InChI=1S/C8H15F2N/c9-8(10)7(5-11)4-6-2-1-3-6/h6-8H,1-5,11H2. The maximum atomic E-state index is 12.1. The normalized spacial score (nSPS) is 21.8. The lowest BCUT2D eigenvalue weighted by Crippen LogP contribution is -2.26. The van der Waals surface area contributed by atoms with E-state index >= 15 is 0 Å². The molecule has 0 aromatic carbocycles. The first-order chi connectivity index (χ1) is 5.24. The Bertz CT molecular complexity index is 113. The molecule has 3 heteroatoms. The third kappa shape index (κ3) is 2.40. The Morgan fingerprint density at radius 2 is 2.00 bits per heavy atom. The summed E-state index contributed by atoms with van der Waals surface area (Å²) in [6, 6.07) is 0. The lowest BCUT2D eigenvalue weighted by Gasteiger charge is -2.28. The van der Waals surface area contributed by atoms with Crippen LogP contribution in [0.25, 0.3) is 0 Å². The number of nitrogens with two attached hydrogens (primary N) is 1. The zero-order chi connectivity index (χ0) is 8.27. The van der Waals surface area contributed by atoms with Crippen molar-refractivity contribution in [3.05, 3.63) is 0 Å². The van der Waals surface area contributed by atoms with Gasteiger partial charge in [-0.3, -0.25) is 0 Å². The van der Waals surface area contributed by atoms with Crippen molar-refractivity contribution >= 4 is 0 Å². The molecular formula is C8H15F2N. The zero-order valence-corrected chi connectivity index (χ0v) is 6.60. The summed E-state index contributed by atoms with van der Waals surface area (Å²) in [5, 5.41) is 0. The molecule has 1 fully saturated rings. The number of rotatable bonds is 4.